The second-order valence-electron chi connectivity index (χ2n) is 4.40. The van der Waals surface area contributed by atoms with Gasteiger partial charge in [0.25, 0.3) is 0 Å². The van der Waals surface area contributed by atoms with E-state index in [1.165, 1.54) is 12.1 Å². The molecule has 0 amide bonds. The summed E-state index contributed by atoms with van der Waals surface area (Å²) in [5.74, 6) is 5.84. The van der Waals surface area contributed by atoms with Crippen molar-refractivity contribution in [2.45, 2.75) is 26.9 Å². The SMILES string of the molecule is CC(C)=C(NN)N/N=C(\C)c1ccc(C(F)(F)F)cc1. The van der Waals surface area contributed by atoms with Gasteiger partial charge in [0.2, 0.25) is 0 Å². The van der Waals surface area contributed by atoms with E-state index in [1.807, 2.05) is 13.8 Å². The van der Waals surface area contributed by atoms with Crippen molar-refractivity contribution in [1.29, 1.82) is 0 Å². The van der Waals surface area contributed by atoms with Crippen molar-refractivity contribution < 1.29 is 13.2 Å². The first-order valence-electron chi connectivity index (χ1n) is 5.87. The highest BCUT2D eigenvalue weighted by molar-refractivity contribution is 5.98. The Balaban J connectivity index is 2.88. The summed E-state index contributed by atoms with van der Waals surface area (Å²) in [4.78, 5) is 0. The number of halogens is 3. The van der Waals surface area contributed by atoms with E-state index in [2.05, 4.69) is 16.0 Å². The molecule has 0 atom stereocenters. The maximum absolute atomic E-state index is 12.4. The maximum atomic E-state index is 12.4. The number of hydrazone groups is 1. The molecule has 0 saturated carbocycles. The van der Waals surface area contributed by atoms with E-state index in [4.69, 9.17) is 5.84 Å². The van der Waals surface area contributed by atoms with Crippen molar-refractivity contribution >= 4 is 5.71 Å². The van der Waals surface area contributed by atoms with Crippen LogP contribution in [0.5, 0.6) is 0 Å². The third-order valence-electron chi connectivity index (χ3n) is 2.61. The van der Waals surface area contributed by atoms with Crippen molar-refractivity contribution in [1.82, 2.24) is 10.9 Å². The van der Waals surface area contributed by atoms with E-state index < -0.39 is 11.7 Å². The third-order valence-corrected chi connectivity index (χ3v) is 2.61. The molecule has 4 N–H and O–H groups in total. The van der Waals surface area contributed by atoms with Crippen LogP contribution in [0.2, 0.25) is 0 Å². The number of hydrogen-bond acceptors (Lipinski definition) is 4. The van der Waals surface area contributed by atoms with Gasteiger partial charge in [0.15, 0.2) is 0 Å². The molecule has 0 saturated heterocycles. The third kappa shape index (κ3) is 4.27. The summed E-state index contributed by atoms with van der Waals surface area (Å²) in [5, 5.41) is 4.06. The molecule has 4 nitrogen and oxygen atoms in total. The van der Waals surface area contributed by atoms with E-state index in [0.29, 0.717) is 17.1 Å². The standard InChI is InChI=1S/C13H17F3N4/c1-8(2)12(18-17)20-19-9(3)10-4-6-11(7-5-10)13(14,15)16/h4-7,18,20H,17H2,1-3H3/b19-9+. The van der Waals surface area contributed by atoms with E-state index >= 15 is 0 Å². The summed E-state index contributed by atoms with van der Waals surface area (Å²) in [6, 6.07) is 4.80. The van der Waals surface area contributed by atoms with Crippen LogP contribution in [0, 0.1) is 0 Å². The van der Waals surface area contributed by atoms with Crippen molar-refractivity contribution in [2.24, 2.45) is 10.9 Å². The molecule has 0 fully saturated rings. The van der Waals surface area contributed by atoms with Gasteiger partial charge in [-0.15, -0.1) is 0 Å². The molecule has 0 unspecified atom stereocenters. The minimum Gasteiger partial charge on any atom is -0.309 e. The van der Waals surface area contributed by atoms with Gasteiger partial charge in [-0.2, -0.15) is 18.3 Å². The maximum Gasteiger partial charge on any atom is 0.416 e. The highest BCUT2D eigenvalue weighted by Gasteiger charge is 2.29. The lowest BCUT2D eigenvalue weighted by atomic mass is 10.1. The zero-order valence-corrected chi connectivity index (χ0v) is 11.5. The Kier molecular flexibility index (Phi) is 5.15. The number of hydrogen-bond donors (Lipinski definition) is 3. The zero-order chi connectivity index (χ0) is 15.3. The Bertz CT molecular complexity index is 511. The van der Waals surface area contributed by atoms with Gasteiger partial charge in [0, 0.05) is 0 Å². The first-order chi connectivity index (χ1) is 9.25. The molecule has 0 bridgehead atoms. The topological polar surface area (TPSA) is 62.4 Å². The summed E-state index contributed by atoms with van der Waals surface area (Å²) in [5.41, 5.74) is 6.53. The average Bonchev–Trinajstić information content (AvgIpc) is 2.38. The van der Waals surface area contributed by atoms with Crippen molar-refractivity contribution in [2.75, 3.05) is 0 Å². The summed E-state index contributed by atoms with van der Waals surface area (Å²) in [6.07, 6.45) is -4.33. The Morgan fingerprint density at radius 1 is 1.10 bits per heavy atom. The quantitative estimate of drug-likeness (QED) is 0.453. The van der Waals surface area contributed by atoms with Crippen LogP contribution in [0.25, 0.3) is 0 Å². The minimum atomic E-state index is -4.33. The van der Waals surface area contributed by atoms with Gasteiger partial charge in [-0.1, -0.05) is 12.1 Å². The molecule has 1 aromatic carbocycles. The number of alkyl halides is 3. The monoisotopic (exact) mass is 286 g/mol. The van der Waals surface area contributed by atoms with Gasteiger partial charge in [-0.25, -0.2) is 5.84 Å². The fraction of sp³-hybridized carbons (Fsp3) is 0.308. The lowest BCUT2D eigenvalue weighted by Crippen LogP contribution is -2.30. The average molecular weight is 286 g/mol. The number of nitrogens with zero attached hydrogens (tertiary/aromatic N) is 1. The van der Waals surface area contributed by atoms with Crippen LogP contribution < -0.4 is 16.7 Å². The molecule has 0 spiro atoms. The lowest BCUT2D eigenvalue weighted by molar-refractivity contribution is -0.137. The summed E-state index contributed by atoms with van der Waals surface area (Å²) < 4.78 is 37.3. The molecule has 20 heavy (non-hydrogen) atoms. The van der Waals surface area contributed by atoms with Gasteiger partial charge >= 0.3 is 6.18 Å². The van der Waals surface area contributed by atoms with E-state index in [1.54, 1.807) is 6.92 Å². The number of nitrogens with one attached hydrogen (secondary N) is 2. The Morgan fingerprint density at radius 2 is 1.65 bits per heavy atom. The molecule has 0 heterocycles. The smallest absolute Gasteiger partial charge is 0.309 e. The Labute approximate surface area is 115 Å². The second-order valence-corrected chi connectivity index (χ2v) is 4.40. The van der Waals surface area contributed by atoms with Crippen LogP contribution in [0.15, 0.2) is 40.8 Å². The van der Waals surface area contributed by atoms with Gasteiger partial charge in [0.05, 0.1) is 11.3 Å². The fourth-order valence-corrected chi connectivity index (χ4v) is 1.39. The van der Waals surface area contributed by atoms with Crippen molar-refractivity contribution in [3.05, 3.63) is 46.8 Å². The van der Waals surface area contributed by atoms with Crippen LogP contribution in [-0.4, -0.2) is 5.71 Å². The predicted molar refractivity (Wildman–Crippen MR) is 72.5 cm³/mol. The summed E-state index contributed by atoms with van der Waals surface area (Å²) >= 11 is 0. The van der Waals surface area contributed by atoms with Crippen LogP contribution >= 0.6 is 0 Å². The lowest BCUT2D eigenvalue weighted by Gasteiger charge is -2.10. The van der Waals surface area contributed by atoms with E-state index in [-0.39, 0.29) is 0 Å². The highest BCUT2D eigenvalue weighted by atomic mass is 19.4. The first-order valence-corrected chi connectivity index (χ1v) is 5.87. The number of benzene rings is 1. The second kappa shape index (κ2) is 6.42. The van der Waals surface area contributed by atoms with Gasteiger partial charge in [0.1, 0.15) is 5.82 Å². The van der Waals surface area contributed by atoms with Crippen LogP contribution in [0.3, 0.4) is 0 Å². The van der Waals surface area contributed by atoms with Gasteiger partial charge in [-0.05, 0) is 44.0 Å². The first kappa shape index (κ1) is 16.0. The number of rotatable bonds is 4. The largest absolute Gasteiger partial charge is 0.416 e. The van der Waals surface area contributed by atoms with Crippen molar-refractivity contribution in [3.8, 4) is 0 Å². The Morgan fingerprint density at radius 3 is 2.05 bits per heavy atom. The number of hydrazine groups is 1. The van der Waals surface area contributed by atoms with E-state index in [9.17, 15) is 13.2 Å². The van der Waals surface area contributed by atoms with Crippen LogP contribution in [0.4, 0.5) is 13.2 Å². The van der Waals surface area contributed by atoms with Gasteiger partial charge in [-0.3, -0.25) is 5.43 Å². The van der Waals surface area contributed by atoms with Crippen LogP contribution in [-0.2, 0) is 6.18 Å². The molecular formula is C13H17F3N4. The van der Waals surface area contributed by atoms with Crippen molar-refractivity contribution in [3.63, 3.8) is 0 Å². The fourth-order valence-electron chi connectivity index (χ4n) is 1.39. The normalized spacial score (nSPS) is 12.1. The van der Waals surface area contributed by atoms with Crippen LogP contribution in [0.1, 0.15) is 31.9 Å². The molecule has 110 valence electrons. The van der Waals surface area contributed by atoms with Gasteiger partial charge < -0.3 is 5.43 Å². The highest BCUT2D eigenvalue weighted by Crippen LogP contribution is 2.29. The molecule has 0 aliphatic carbocycles. The summed E-state index contributed by atoms with van der Waals surface area (Å²) in [7, 11) is 0. The molecule has 0 aliphatic heterocycles. The molecule has 0 radical (unpaired) electrons. The molecule has 7 heteroatoms. The van der Waals surface area contributed by atoms with E-state index in [0.717, 1.165) is 17.7 Å². The molecule has 0 aromatic heterocycles. The molecule has 0 aliphatic rings. The summed E-state index contributed by atoms with van der Waals surface area (Å²) in [6.45, 7) is 5.37. The molecule has 1 rings (SSSR count). The molecule has 1 aromatic rings. The number of allylic oxidation sites excluding steroid dienone is 1. The predicted octanol–water partition coefficient (Wildman–Crippen LogP) is 2.73. The molecular weight excluding hydrogens is 269 g/mol. The minimum absolute atomic E-state index is 0.538. The zero-order valence-electron chi connectivity index (χ0n) is 11.5. The Hall–Kier alpha value is -2.02. The number of nitrogens with two attached hydrogens (primary N) is 1.